The van der Waals surface area contributed by atoms with Gasteiger partial charge in [0, 0.05) is 71.4 Å². The van der Waals surface area contributed by atoms with E-state index < -0.39 is 19.1 Å². The Hall–Kier alpha value is -2.67. The maximum Gasteiger partial charge on any atom is 0.229 e. The number of hydrogen-bond acceptors (Lipinski definition) is 8. The molecule has 2 N–H and O–H groups in total. The Labute approximate surface area is 234 Å². The SMILES string of the molecule is CS(=O)(=O)Cl.CS(=O)(=O)Nc1ccc2[nH]cc(CCCCN3CCN(c4ccc5c(c4)OCCO5)CC3)c2c1. The monoisotopic (exact) mass is 598 g/mol. The number of rotatable bonds is 8. The summed E-state index contributed by atoms with van der Waals surface area (Å²) in [6.07, 6.45) is 7.34. The highest BCUT2D eigenvalue weighted by atomic mass is 35.7. The average Bonchev–Trinajstić information content (AvgIpc) is 3.27. The molecule has 2 aliphatic heterocycles. The molecule has 0 unspecified atom stereocenters. The van der Waals surface area contributed by atoms with Gasteiger partial charge in [-0.05, 0) is 61.7 Å². The number of H-pyrrole nitrogens is 1. The first-order valence-electron chi connectivity index (χ1n) is 12.8. The molecule has 3 aromatic rings. The van der Waals surface area contributed by atoms with Crippen LogP contribution in [-0.4, -0.2) is 85.2 Å². The van der Waals surface area contributed by atoms with Crippen molar-refractivity contribution in [2.75, 3.05) is 68.1 Å². The molecule has 5 rings (SSSR count). The van der Waals surface area contributed by atoms with Gasteiger partial charge < -0.3 is 19.4 Å². The number of sulfonamides is 1. The molecule has 10 nitrogen and oxygen atoms in total. The summed E-state index contributed by atoms with van der Waals surface area (Å²) in [7, 11) is -1.97. The molecule has 2 aromatic carbocycles. The van der Waals surface area contributed by atoms with E-state index in [1.807, 2.05) is 24.4 Å². The predicted molar refractivity (Wildman–Crippen MR) is 156 cm³/mol. The van der Waals surface area contributed by atoms with E-state index >= 15 is 0 Å². The van der Waals surface area contributed by atoms with Crippen LogP contribution >= 0.6 is 10.7 Å². The van der Waals surface area contributed by atoms with Gasteiger partial charge in [0.25, 0.3) is 0 Å². The van der Waals surface area contributed by atoms with Crippen LogP contribution in [0.15, 0.2) is 42.6 Å². The summed E-state index contributed by atoms with van der Waals surface area (Å²) in [5, 5.41) is 1.08. The minimum atomic E-state index is -3.28. The van der Waals surface area contributed by atoms with E-state index in [2.05, 4.69) is 42.3 Å². The van der Waals surface area contributed by atoms with Crippen LogP contribution in [0.3, 0.4) is 0 Å². The summed E-state index contributed by atoms with van der Waals surface area (Å²) in [6, 6.07) is 11.9. The Bertz CT molecular complexity index is 1480. The Balaban J connectivity index is 0.000000648. The van der Waals surface area contributed by atoms with Gasteiger partial charge in [-0.25, -0.2) is 16.8 Å². The molecule has 0 amide bonds. The fraction of sp³-hybridized carbons (Fsp3) is 0.462. The van der Waals surface area contributed by atoms with E-state index in [-0.39, 0.29) is 0 Å². The molecule has 39 heavy (non-hydrogen) atoms. The zero-order chi connectivity index (χ0) is 28.0. The van der Waals surface area contributed by atoms with Gasteiger partial charge in [0.15, 0.2) is 11.5 Å². The van der Waals surface area contributed by atoms with E-state index in [9.17, 15) is 16.8 Å². The van der Waals surface area contributed by atoms with E-state index in [4.69, 9.17) is 9.47 Å². The van der Waals surface area contributed by atoms with Crippen molar-refractivity contribution < 1.29 is 26.3 Å². The highest BCUT2D eigenvalue weighted by molar-refractivity contribution is 8.13. The summed E-state index contributed by atoms with van der Waals surface area (Å²) in [5.41, 5.74) is 4.07. The fourth-order valence-electron chi connectivity index (χ4n) is 4.77. The van der Waals surface area contributed by atoms with Gasteiger partial charge in [-0.1, -0.05) is 0 Å². The van der Waals surface area contributed by atoms with E-state index in [1.54, 1.807) is 6.07 Å². The van der Waals surface area contributed by atoms with Crippen molar-refractivity contribution in [2.24, 2.45) is 0 Å². The summed E-state index contributed by atoms with van der Waals surface area (Å²) in [4.78, 5) is 8.26. The molecule has 0 aliphatic carbocycles. The van der Waals surface area contributed by atoms with E-state index in [0.29, 0.717) is 18.9 Å². The van der Waals surface area contributed by atoms with Crippen LogP contribution < -0.4 is 19.1 Å². The molecule has 3 heterocycles. The lowest BCUT2D eigenvalue weighted by Gasteiger charge is -2.36. The number of piperazine rings is 1. The highest BCUT2D eigenvalue weighted by Gasteiger charge is 2.19. The second-order valence-corrected chi connectivity index (χ2v) is 14.5. The third kappa shape index (κ3) is 9.20. The lowest BCUT2D eigenvalue weighted by Crippen LogP contribution is -2.46. The molecule has 0 bridgehead atoms. The number of unbranched alkanes of at least 4 members (excludes halogenated alkanes) is 1. The smallest absolute Gasteiger partial charge is 0.229 e. The molecule has 13 heteroatoms. The first-order valence-corrected chi connectivity index (χ1v) is 17.4. The first-order chi connectivity index (χ1) is 18.4. The lowest BCUT2D eigenvalue weighted by molar-refractivity contribution is 0.171. The van der Waals surface area contributed by atoms with Gasteiger partial charge in [0.1, 0.15) is 13.2 Å². The van der Waals surface area contributed by atoms with Crippen molar-refractivity contribution in [3.05, 3.63) is 48.2 Å². The standard InChI is InChI=1S/C25H32N4O4S.CH3ClO2S/c1-34(30,31)27-20-5-7-23-22(16-20)19(18-26-23)4-2-3-9-28-10-12-29(13-11-28)21-6-8-24-25(17-21)33-15-14-32-24;1-5(2,3)4/h5-8,16-18,26-27H,2-4,9-15H2,1H3;1H3. The third-order valence-corrected chi connectivity index (χ3v) is 7.11. The molecular formula is C26H35ClN4O6S2. The van der Waals surface area contributed by atoms with E-state index in [0.717, 1.165) is 80.6 Å². The average molecular weight is 599 g/mol. The van der Waals surface area contributed by atoms with Crippen molar-refractivity contribution in [3.63, 3.8) is 0 Å². The van der Waals surface area contributed by atoms with Gasteiger partial charge in [-0.2, -0.15) is 0 Å². The highest BCUT2D eigenvalue weighted by Crippen LogP contribution is 2.34. The molecular weight excluding hydrogens is 564 g/mol. The van der Waals surface area contributed by atoms with E-state index in [1.165, 1.54) is 17.5 Å². The van der Waals surface area contributed by atoms with Crippen LogP contribution in [-0.2, 0) is 25.5 Å². The summed E-state index contributed by atoms with van der Waals surface area (Å²) in [6.45, 7) is 6.47. The second-order valence-electron chi connectivity index (χ2n) is 9.74. The second kappa shape index (κ2) is 12.7. The van der Waals surface area contributed by atoms with Crippen LogP contribution in [0.25, 0.3) is 10.9 Å². The van der Waals surface area contributed by atoms with Crippen LogP contribution in [0, 0.1) is 0 Å². The van der Waals surface area contributed by atoms with Crippen molar-refractivity contribution >= 4 is 52.0 Å². The van der Waals surface area contributed by atoms with Gasteiger partial charge in [-0.3, -0.25) is 9.62 Å². The van der Waals surface area contributed by atoms with Gasteiger partial charge in [0.2, 0.25) is 19.1 Å². The molecule has 1 saturated heterocycles. The minimum Gasteiger partial charge on any atom is -0.486 e. The molecule has 1 aromatic heterocycles. The van der Waals surface area contributed by atoms with Crippen LogP contribution in [0.1, 0.15) is 18.4 Å². The number of aromatic amines is 1. The number of nitrogens with zero attached hydrogens (tertiary/aromatic N) is 2. The molecule has 2 aliphatic rings. The van der Waals surface area contributed by atoms with Gasteiger partial charge in [-0.15, -0.1) is 0 Å². The number of ether oxygens (including phenoxy) is 2. The zero-order valence-corrected chi connectivity index (χ0v) is 24.5. The number of benzene rings is 2. The fourth-order valence-corrected chi connectivity index (χ4v) is 5.33. The number of halogens is 1. The van der Waals surface area contributed by atoms with Crippen molar-refractivity contribution in [2.45, 2.75) is 19.3 Å². The Kier molecular flexibility index (Phi) is 9.52. The Morgan fingerprint density at radius 1 is 0.923 bits per heavy atom. The van der Waals surface area contributed by atoms with Crippen molar-refractivity contribution in [1.82, 2.24) is 9.88 Å². The summed E-state index contributed by atoms with van der Waals surface area (Å²) >= 11 is 0. The van der Waals surface area contributed by atoms with Crippen LogP contribution in [0.4, 0.5) is 11.4 Å². The number of anilines is 2. The zero-order valence-electron chi connectivity index (χ0n) is 22.2. The van der Waals surface area contributed by atoms with Crippen molar-refractivity contribution in [3.8, 4) is 11.5 Å². The molecule has 0 radical (unpaired) electrons. The Morgan fingerprint density at radius 3 is 2.31 bits per heavy atom. The number of aromatic nitrogens is 1. The normalized spacial score (nSPS) is 16.0. The molecule has 0 saturated carbocycles. The van der Waals surface area contributed by atoms with Gasteiger partial charge >= 0.3 is 0 Å². The molecule has 0 atom stereocenters. The predicted octanol–water partition coefficient (Wildman–Crippen LogP) is 3.64. The maximum atomic E-state index is 11.5. The topological polar surface area (TPSA) is 121 Å². The molecule has 0 spiro atoms. The maximum absolute atomic E-state index is 11.5. The Morgan fingerprint density at radius 2 is 1.62 bits per heavy atom. The summed E-state index contributed by atoms with van der Waals surface area (Å²) < 4.78 is 55.8. The number of aryl methyl sites for hydroxylation is 1. The first kappa shape index (κ1) is 29.3. The van der Waals surface area contributed by atoms with Crippen LogP contribution in [0.2, 0.25) is 0 Å². The minimum absolute atomic E-state index is 0.603. The van der Waals surface area contributed by atoms with Crippen LogP contribution in [0.5, 0.6) is 11.5 Å². The third-order valence-electron chi connectivity index (χ3n) is 6.50. The lowest BCUT2D eigenvalue weighted by atomic mass is 10.1. The number of nitrogens with one attached hydrogen (secondary N) is 2. The van der Waals surface area contributed by atoms with Crippen molar-refractivity contribution in [1.29, 1.82) is 0 Å². The quantitative estimate of drug-likeness (QED) is 0.298. The molecule has 1 fully saturated rings. The van der Waals surface area contributed by atoms with Gasteiger partial charge in [0.05, 0.1) is 12.5 Å². The number of hydrogen-bond donors (Lipinski definition) is 2. The largest absolute Gasteiger partial charge is 0.486 e. The molecule has 214 valence electrons. The summed E-state index contributed by atoms with van der Waals surface area (Å²) in [5.74, 6) is 1.69. The number of fused-ring (bicyclic) bond motifs is 2.